The highest BCUT2D eigenvalue weighted by Crippen LogP contribution is 2.04. The summed E-state index contributed by atoms with van der Waals surface area (Å²) in [7, 11) is 0. The summed E-state index contributed by atoms with van der Waals surface area (Å²) in [6.07, 6.45) is 9.44. The van der Waals surface area contributed by atoms with Gasteiger partial charge in [0.15, 0.2) is 0 Å². The lowest BCUT2D eigenvalue weighted by Gasteiger charge is -1.88. The van der Waals surface area contributed by atoms with E-state index in [-0.39, 0.29) is 0 Å². The summed E-state index contributed by atoms with van der Waals surface area (Å²) in [5, 5.41) is 0. The molecular weight excluding hydrogens is 166 g/mol. The molecule has 0 spiro atoms. The smallest absolute Gasteiger partial charge is 0.0292 e. The quantitative estimate of drug-likeness (QED) is 0.389. The Labute approximate surface area is 80.0 Å². The molecule has 0 radical (unpaired) electrons. The highest BCUT2D eigenvalue weighted by atomic mass is 32.1. The van der Waals surface area contributed by atoms with E-state index in [0.29, 0.717) is 0 Å². The van der Waals surface area contributed by atoms with Gasteiger partial charge in [0.2, 0.25) is 0 Å². The van der Waals surface area contributed by atoms with E-state index in [2.05, 4.69) is 17.6 Å². The highest BCUT2D eigenvalue weighted by molar-refractivity contribution is 7.84. The molecule has 0 amide bonds. The Bertz CT molecular complexity index is 234. The van der Waals surface area contributed by atoms with Gasteiger partial charge in [-0.1, -0.05) is 12.2 Å². The van der Waals surface area contributed by atoms with Crippen LogP contribution in [0.2, 0.25) is 0 Å². The molecule has 0 aliphatic heterocycles. The second-order valence-corrected chi connectivity index (χ2v) is 2.84. The van der Waals surface area contributed by atoms with Crippen molar-refractivity contribution in [2.24, 2.45) is 4.99 Å². The maximum Gasteiger partial charge on any atom is 0.0292 e. The van der Waals surface area contributed by atoms with Gasteiger partial charge in [0.05, 0.1) is 0 Å². The Balaban J connectivity index is 4.16. The number of hydrogen-bond acceptors (Lipinski definition) is 2. The van der Waals surface area contributed by atoms with Gasteiger partial charge in [0.25, 0.3) is 0 Å². The standard InChI is InChI=1S/C10H15NS/c1-4-10(12)7-6-9(3)8-11-5-2/h4-8,12H,1-3H3/b7-6-,9-8+,10-4+,11-5-. The van der Waals surface area contributed by atoms with Gasteiger partial charge in [0.1, 0.15) is 0 Å². The van der Waals surface area contributed by atoms with Crippen molar-refractivity contribution in [1.29, 1.82) is 0 Å². The van der Waals surface area contributed by atoms with Gasteiger partial charge in [-0.15, -0.1) is 12.6 Å². The van der Waals surface area contributed by atoms with Crippen molar-refractivity contribution in [1.82, 2.24) is 0 Å². The number of allylic oxidation sites excluding steroid dienone is 4. The summed E-state index contributed by atoms with van der Waals surface area (Å²) in [4.78, 5) is 4.95. The van der Waals surface area contributed by atoms with Crippen molar-refractivity contribution in [3.63, 3.8) is 0 Å². The lowest BCUT2D eigenvalue weighted by Crippen LogP contribution is -1.68. The van der Waals surface area contributed by atoms with Crippen molar-refractivity contribution < 1.29 is 0 Å². The molecule has 0 unspecified atom stereocenters. The Morgan fingerprint density at radius 1 is 1.25 bits per heavy atom. The van der Waals surface area contributed by atoms with Crippen LogP contribution in [0, 0.1) is 0 Å². The van der Waals surface area contributed by atoms with Crippen molar-refractivity contribution in [3.8, 4) is 0 Å². The molecule has 0 aliphatic carbocycles. The van der Waals surface area contributed by atoms with Gasteiger partial charge >= 0.3 is 0 Å². The van der Waals surface area contributed by atoms with Crippen LogP contribution in [-0.4, -0.2) is 6.21 Å². The fraction of sp³-hybridized carbons (Fsp3) is 0.300. The molecule has 66 valence electrons. The maximum atomic E-state index is 4.20. The van der Waals surface area contributed by atoms with Crippen molar-refractivity contribution in [3.05, 3.63) is 34.9 Å². The summed E-state index contributed by atoms with van der Waals surface area (Å²) < 4.78 is 0. The predicted octanol–water partition coefficient (Wildman–Crippen LogP) is 3.37. The molecule has 0 aromatic heterocycles. The third-order valence-corrected chi connectivity index (χ3v) is 1.65. The Kier molecular flexibility index (Phi) is 6.48. The van der Waals surface area contributed by atoms with Gasteiger partial charge in [-0.25, -0.2) is 0 Å². The van der Waals surface area contributed by atoms with Crippen LogP contribution in [0.25, 0.3) is 0 Å². The number of thiol groups is 1. The van der Waals surface area contributed by atoms with E-state index in [1.54, 1.807) is 6.21 Å². The van der Waals surface area contributed by atoms with Crippen LogP contribution in [0.3, 0.4) is 0 Å². The molecule has 1 nitrogen and oxygen atoms in total. The molecule has 2 heteroatoms. The van der Waals surface area contributed by atoms with E-state index in [4.69, 9.17) is 0 Å². The maximum absolute atomic E-state index is 4.20. The van der Waals surface area contributed by atoms with Crippen molar-refractivity contribution in [2.75, 3.05) is 0 Å². The molecule has 0 bridgehead atoms. The van der Waals surface area contributed by atoms with Gasteiger partial charge in [0, 0.05) is 12.4 Å². The lowest BCUT2D eigenvalue weighted by molar-refractivity contribution is 1.43. The average molecular weight is 181 g/mol. The van der Waals surface area contributed by atoms with E-state index in [1.165, 1.54) is 0 Å². The first-order chi connectivity index (χ1) is 5.70. The van der Waals surface area contributed by atoms with Crippen molar-refractivity contribution >= 4 is 18.8 Å². The SMILES string of the molecule is C\C=N/C=C(C)/C=C\C(S)=C/C. The van der Waals surface area contributed by atoms with Gasteiger partial charge in [-0.2, -0.15) is 0 Å². The minimum absolute atomic E-state index is 0.961. The second-order valence-electron chi connectivity index (χ2n) is 2.33. The highest BCUT2D eigenvalue weighted by Gasteiger charge is 1.80. The van der Waals surface area contributed by atoms with Crippen LogP contribution >= 0.6 is 12.6 Å². The number of aliphatic imine (C=N–C) groups is 1. The summed E-state index contributed by atoms with van der Waals surface area (Å²) in [5.41, 5.74) is 1.11. The summed E-state index contributed by atoms with van der Waals surface area (Å²) >= 11 is 4.20. The Morgan fingerprint density at radius 3 is 2.42 bits per heavy atom. The zero-order valence-electron chi connectivity index (χ0n) is 7.78. The largest absolute Gasteiger partial charge is 0.269 e. The molecular formula is C10H15NS. The summed E-state index contributed by atoms with van der Waals surface area (Å²) in [6, 6.07) is 0. The first-order valence-corrected chi connectivity index (χ1v) is 4.33. The van der Waals surface area contributed by atoms with E-state index in [0.717, 1.165) is 10.5 Å². The zero-order valence-corrected chi connectivity index (χ0v) is 8.68. The van der Waals surface area contributed by atoms with Crippen LogP contribution in [-0.2, 0) is 0 Å². The topological polar surface area (TPSA) is 12.4 Å². The monoisotopic (exact) mass is 181 g/mol. The number of hydrogen-bond donors (Lipinski definition) is 1. The fourth-order valence-corrected chi connectivity index (χ4v) is 0.623. The first-order valence-electron chi connectivity index (χ1n) is 3.88. The summed E-state index contributed by atoms with van der Waals surface area (Å²) in [6.45, 7) is 5.85. The molecule has 0 rings (SSSR count). The molecule has 0 N–H and O–H groups in total. The second kappa shape index (κ2) is 6.92. The van der Waals surface area contributed by atoms with E-state index >= 15 is 0 Å². The molecule has 0 saturated heterocycles. The van der Waals surface area contributed by atoms with Crippen LogP contribution < -0.4 is 0 Å². The van der Waals surface area contributed by atoms with Crippen LogP contribution in [0.4, 0.5) is 0 Å². The number of nitrogens with zero attached hydrogens (tertiary/aromatic N) is 1. The minimum Gasteiger partial charge on any atom is -0.269 e. The molecule has 0 aromatic carbocycles. The zero-order chi connectivity index (χ0) is 9.40. The molecule has 0 aliphatic rings. The molecule has 12 heavy (non-hydrogen) atoms. The molecule has 0 atom stereocenters. The predicted molar refractivity (Wildman–Crippen MR) is 59.8 cm³/mol. The molecule has 0 aromatic rings. The number of rotatable bonds is 3. The van der Waals surface area contributed by atoms with E-state index < -0.39 is 0 Å². The molecule has 0 fully saturated rings. The van der Waals surface area contributed by atoms with E-state index in [1.807, 2.05) is 45.2 Å². The third kappa shape index (κ3) is 5.98. The van der Waals surface area contributed by atoms with Crippen molar-refractivity contribution in [2.45, 2.75) is 20.8 Å². The minimum atomic E-state index is 0.961. The molecule has 0 heterocycles. The van der Waals surface area contributed by atoms with Crippen LogP contribution in [0.1, 0.15) is 20.8 Å². The Hall–Kier alpha value is -0.760. The normalized spacial score (nSPS) is 15.0. The summed E-state index contributed by atoms with van der Waals surface area (Å²) in [5.74, 6) is 0. The average Bonchev–Trinajstić information content (AvgIpc) is 2.10. The van der Waals surface area contributed by atoms with Gasteiger partial charge < -0.3 is 0 Å². The lowest BCUT2D eigenvalue weighted by atomic mass is 10.3. The molecule has 0 saturated carbocycles. The van der Waals surface area contributed by atoms with Gasteiger partial charge in [-0.05, 0) is 37.3 Å². The first kappa shape index (κ1) is 11.2. The third-order valence-electron chi connectivity index (χ3n) is 1.24. The Morgan fingerprint density at radius 2 is 1.92 bits per heavy atom. The van der Waals surface area contributed by atoms with Crippen LogP contribution in [0.5, 0.6) is 0 Å². The van der Waals surface area contributed by atoms with Crippen LogP contribution in [0.15, 0.2) is 39.9 Å². The van der Waals surface area contributed by atoms with E-state index in [9.17, 15) is 0 Å². The fourth-order valence-electron chi connectivity index (χ4n) is 0.548. The van der Waals surface area contributed by atoms with Gasteiger partial charge in [-0.3, -0.25) is 4.99 Å².